The molecule has 0 aromatic heterocycles. The van der Waals surface area contributed by atoms with Gasteiger partial charge in [0.15, 0.2) is 5.96 Å². The van der Waals surface area contributed by atoms with E-state index in [0.717, 1.165) is 30.6 Å². The largest absolute Gasteiger partial charge is 0.487 e. The second-order valence-corrected chi connectivity index (χ2v) is 6.28. The van der Waals surface area contributed by atoms with Crippen LogP contribution in [-0.2, 0) is 0 Å². The van der Waals surface area contributed by atoms with Crippen LogP contribution in [0.15, 0.2) is 29.3 Å². The first-order valence-corrected chi connectivity index (χ1v) is 8.15. The molecular weight excluding hydrogens is 427 g/mol. The molecule has 1 aromatic carbocycles. The van der Waals surface area contributed by atoms with Crippen molar-refractivity contribution in [2.24, 2.45) is 4.99 Å². The summed E-state index contributed by atoms with van der Waals surface area (Å²) < 4.78 is 31.2. The number of nitrogens with one attached hydrogen (secondary N) is 2. The molecular formula is C17H24F2IN3O. The molecule has 0 saturated heterocycles. The van der Waals surface area contributed by atoms with Gasteiger partial charge in [-0.25, -0.2) is 8.78 Å². The highest BCUT2D eigenvalue weighted by atomic mass is 127. The summed E-state index contributed by atoms with van der Waals surface area (Å²) in [6, 6.07) is 7.96. The fourth-order valence-electron chi connectivity index (χ4n) is 3.61. The van der Waals surface area contributed by atoms with Crippen molar-refractivity contribution in [3.05, 3.63) is 29.8 Å². The van der Waals surface area contributed by atoms with E-state index in [2.05, 4.69) is 15.6 Å². The van der Waals surface area contributed by atoms with E-state index in [0.29, 0.717) is 5.96 Å². The number of fused-ring (bicyclic) bond motifs is 1. The van der Waals surface area contributed by atoms with Crippen LogP contribution in [0.5, 0.6) is 5.75 Å². The maximum atomic E-state index is 12.4. The smallest absolute Gasteiger partial charge is 0.255 e. The van der Waals surface area contributed by atoms with Gasteiger partial charge in [0.05, 0.1) is 12.6 Å². The number of benzene rings is 1. The summed E-state index contributed by atoms with van der Waals surface area (Å²) in [5, 5.41) is 5.97. The van der Waals surface area contributed by atoms with Crippen LogP contribution in [0.4, 0.5) is 8.78 Å². The Morgan fingerprint density at radius 1 is 1.33 bits per heavy atom. The highest BCUT2D eigenvalue weighted by Gasteiger charge is 2.43. The zero-order valence-electron chi connectivity index (χ0n) is 13.7. The maximum absolute atomic E-state index is 12.4. The van der Waals surface area contributed by atoms with Crippen LogP contribution in [-0.4, -0.2) is 31.6 Å². The van der Waals surface area contributed by atoms with Gasteiger partial charge in [-0.3, -0.25) is 4.99 Å². The van der Waals surface area contributed by atoms with Crippen molar-refractivity contribution in [2.75, 3.05) is 13.6 Å². The highest BCUT2D eigenvalue weighted by molar-refractivity contribution is 14.0. The minimum absolute atomic E-state index is 0. The van der Waals surface area contributed by atoms with Gasteiger partial charge in [-0.15, -0.1) is 24.0 Å². The standard InChI is InChI=1S/C17H23F2N3O.HI/c1-20-16(21-11-15(18)19)22-13-10-17(8-4-5-9-17)23-14-7-3-2-6-12(13)14;/h2-3,6-7,13,15H,4-5,8-11H2,1H3,(H2,20,21,22);1H. The molecule has 4 nitrogen and oxygen atoms in total. The fraction of sp³-hybridized carbons (Fsp3) is 0.588. The Morgan fingerprint density at radius 2 is 2.04 bits per heavy atom. The normalized spacial score (nSPS) is 21.8. The molecule has 1 fully saturated rings. The van der Waals surface area contributed by atoms with Gasteiger partial charge in [0, 0.05) is 19.0 Å². The molecule has 2 aliphatic rings. The van der Waals surface area contributed by atoms with Crippen LogP contribution in [0, 0.1) is 0 Å². The van der Waals surface area contributed by atoms with E-state index in [1.807, 2.05) is 24.3 Å². The van der Waals surface area contributed by atoms with E-state index in [4.69, 9.17) is 4.74 Å². The van der Waals surface area contributed by atoms with Crippen molar-refractivity contribution in [3.8, 4) is 5.75 Å². The molecule has 1 unspecified atom stereocenters. The van der Waals surface area contributed by atoms with Crippen molar-refractivity contribution in [1.29, 1.82) is 0 Å². The SMILES string of the molecule is CN=C(NCC(F)F)NC1CC2(CCCC2)Oc2ccccc21.I. The fourth-order valence-corrected chi connectivity index (χ4v) is 3.61. The molecule has 1 atom stereocenters. The van der Waals surface area contributed by atoms with Crippen molar-refractivity contribution < 1.29 is 13.5 Å². The Labute approximate surface area is 158 Å². The number of nitrogens with zero attached hydrogens (tertiary/aromatic N) is 1. The lowest BCUT2D eigenvalue weighted by Crippen LogP contribution is -2.47. The van der Waals surface area contributed by atoms with E-state index in [1.54, 1.807) is 7.05 Å². The third kappa shape index (κ3) is 4.29. The third-order valence-corrected chi connectivity index (χ3v) is 4.67. The predicted octanol–water partition coefficient (Wildman–Crippen LogP) is 3.87. The summed E-state index contributed by atoms with van der Waals surface area (Å²) in [7, 11) is 1.59. The lowest BCUT2D eigenvalue weighted by atomic mass is 9.86. The number of ether oxygens (including phenoxy) is 1. The molecule has 1 aliphatic carbocycles. The molecule has 1 spiro atoms. The summed E-state index contributed by atoms with van der Waals surface area (Å²) in [5.74, 6) is 1.29. The van der Waals surface area contributed by atoms with E-state index in [-0.39, 0.29) is 35.6 Å². The Morgan fingerprint density at radius 3 is 2.71 bits per heavy atom. The molecule has 2 N–H and O–H groups in total. The lowest BCUT2D eigenvalue weighted by Gasteiger charge is -2.40. The monoisotopic (exact) mass is 451 g/mol. The second-order valence-electron chi connectivity index (χ2n) is 6.28. The molecule has 1 aliphatic heterocycles. The second kappa shape index (κ2) is 8.31. The van der Waals surface area contributed by atoms with E-state index in [1.165, 1.54) is 12.8 Å². The third-order valence-electron chi connectivity index (χ3n) is 4.67. The van der Waals surface area contributed by atoms with Crippen LogP contribution in [0.25, 0.3) is 0 Å². The van der Waals surface area contributed by atoms with Crippen LogP contribution in [0.2, 0.25) is 0 Å². The summed E-state index contributed by atoms with van der Waals surface area (Å²) in [4.78, 5) is 4.06. The molecule has 24 heavy (non-hydrogen) atoms. The minimum Gasteiger partial charge on any atom is -0.487 e. The quantitative estimate of drug-likeness (QED) is 0.417. The maximum Gasteiger partial charge on any atom is 0.255 e. The topological polar surface area (TPSA) is 45.7 Å². The van der Waals surface area contributed by atoms with Gasteiger partial charge in [0.1, 0.15) is 11.4 Å². The van der Waals surface area contributed by atoms with Crippen LogP contribution >= 0.6 is 24.0 Å². The van der Waals surface area contributed by atoms with Gasteiger partial charge in [-0.1, -0.05) is 18.2 Å². The molecule has 0 bridgehead atoms. The Hall–Kier alpha value is -1.12. The summed E-state index contributed by atoms with van der Waals surface area (Å²) >= 11 is 0. The number of rotatable bonds is 3. The zero-order valence-corrected chi connectivity index (χ0v) is 16.1. The Balaban J connectivity index is 0.00000208. The summed E-state index contributed by atoms with van der Waals surface area (Å²) in [6.07, 6.45) is 2.86. The first-order chi connectivity index (χ1) is 11.1. The predicted molar refractivity (Wildman–Crippen MR) is 102 cm³/mol. The van der Waals surface area contributed by atoms with Gasteiger partial charge in [-0.05, 0) is 31.7 Å². The van der Waals surface area contributed by atoms with Crippen molar-refractivity contribution in [3.63, 3.8) is 0 Å². The average Bonchev–Trinajstić information content (AvgIpc) is 2.98. The molecule has 1 saturated carbocycles. The van der Waals surface area contributed by atoms with Crippen LogP contribution in [0.1, 0.15) is 43.7 Å². The summed E-state index contributed by atoms with van der Waals surface area (Å²) in [6.45, 7) is -0.407. The molecule has 1 aromatic rings. The number of hydrogen-bond acceptors (Lipinski definition) is 2. The molecule has 134 valence electrons. The minimum atomic E-state index is -2.41. The zero-order chi connectivity index (χ0) is 16.3. The Bertz CT molecular complexity index is 577. The van der Waals surface area contributed by atoms with Gasteiger partial charge >= 0.3 is 0 Å². The van der Waals surface area contributed by atoms with Gasteiger partial charge in [0.2, 0.25) is 0 Å². The summed E-state index contributed by atoms with van der Waals surface area (Å²) in [5.41, 5.74) is 0.929. The number of guanidine groups is 1. The molecule has 7 heteroatoms. The van der Waals surface area contributed by atoms with Crippen LogP contribution in [0.3, 0.4) is 0 Å². The van der Waals surface area contributed by atoms with Crippen LogP contribution < -0.4 is 15.4 Å². The van der Waals surface area contributed by atoms with E-state index >= 15 is 0 Å². The van der Waals surface area contributed by atoms with Crippen molar-refractivity contribution >= 4 is 29.9 Å². The van der Waals surface area contributed by atoms with E-state index < -0.39 is 13.0 Å². The number of hydrogen-bond donors (Lipinski definition) is 2. The van der Waals surface area contributed by atoms with Crippen molar-refractivity contribution in [2.45, 2.75) is 50.2 Å². The highest BCUT2D eigenvalue weighted by Crippen LogP contribution is 2.46. The van der Waals surface area contributed by atoms with Gasteiger partial charge < -0.3 is 15.4 Å². The molecule has 1 heterocycles. The number of para-hydroxylation sites is 1. The lowest BCUT2D eigenvalue weighted by molar-refractivity contribution is 0.0395. The molecule has 0 amide bonds. The number of alkyl halides is 2. The van der Waals surface area contributed by atoms with Crippen molar-refractivity contribution in [1.82, 2.24) is 10.6 Å². The van der Waals surface area contributed by atoms with Gasteiger partial charge in [0.25, 0.3) is 6.43 Å². The van der Waals surface area contributed by atoms with E-state index in [9.17, 15) is 8.78 Å². The average molecular weight is 451 g/mol. The first kappa shape index (κ1) is 19.2. The van der Waals surface area contributed by atoms with Gasteiger partial charge in [-0.2, -0.15) is 0 Å². The number of aliphatic imine (C=N–C) groups is 1. The molecule has 0 radical (unpaired) electrons. The number of halogens is 3. The Kier molecular flexibility index (Phi) is 6.65. The molecule has 3 rings (SSSR count). The first-order valence-electron chi connectivity index (χ1n) is 8.15.